The lowest BCUT2D eigenvalue weighted by Gasteiger charge is -2.05. The molecule has 1 aromatic heterocycles. The maximum absolute atomic E-state index is 10.9. The van der Waals surface area contributed by atoms with Crippen molar-refractivity contribution in [2.75, 3.05) is 6.61 Å². The molecule has 2 aromatic rings. The number of carbonyl (C=O) groups is 1. The lowest BCUT2D eigenvalue weighted by Crippen LogP contribution is -1.96. The van der Waals surface area contributed by atoms with Crippen molar-refractivity contribution in [1.82, 2.24) is 4.57 Å². The number of hydrogen-bond donors (Lipinski definition) is 1. The van der Waals surface area contributed by atoms with E-state index in [0.29, 0.717) is 0 Å². The molecule has 96 valence electrons. The van der Waals surface area contributed by atoms with E-state index in [9.17, 15) is 4.79 Å². The van der Waals surface area contributed by atoms with Crippen LogP contribution in [-0.4, -0.2) is 22.6 Å². The van der Waals surface area contributed by atoms with E-state index in [1.807, 2.05) is 24.4 Å². The molecule has 0 aliphatic rings. The second kappa shape index (κ2) is 6.36. The van der Waals surface area contributed by atoms with Crippen LogP contribution in [0.15, 0.2) is 30.5 Å². The van der Waals surface area contributed by atoms with E-state index in [4.69, 9.17) is 5.11 Å². The van der Waals surface area contributed by atoms with Gasteiger partial charge in [-0.05, 0) is 25.0 Å². The van der Waals surface area contributed by atoms with Crippen molar-refractivity contribution in [3.8, 4) is 0 Å². The van der Waals surface area contributed by atoms with Gasteiger partial charge in [-0.3, -0.25) is 4.79 Å². The molecule has 0 amide bonds. The summed E-state index contributed by atoms with van der Waals surface area (Å²) in [6, 6.07) is 7.83. The summed E-state index contributed by atoms with van der Waals surface area (Å²) in [5.41, 5.74) is 1.88. The monoisotopic (exact) mass is 245 g/mol. The zero-order chi connectivity index (χ0) is 12.8. The third-order valence-electron chi connectivity index (χ3n) is 3.28. The van der Waals surface area contributed by atoms with E-state index in [2.05, 4.69) is 10.6 Å². The number of aliphatic hydroxyl groups excluding tert-OH is 1. The van der Waals surface area contributed by atoms with Gasteiger partial charge in [0.1, 0.15) is 0 Å². The molecule has 0 saturated heterocycles. The lowest BCUT2D eigenvalue weighted by atomic mass is 10.1. The number of aliphatic hydroxyl groups is 1. The van der Waals surface area contributed by atoms with Gasteiger partial charge in [-0.1, -0.05) is 25.0 Å². The molecule has 1 aromatic carbocycles. The normalized spacial score (nSPS) is 10.9. The Morgan fingerprint density at radius 1 is 1.11 bits per heavy atom. The first kappa shape index (κ1) is 12.8. The smallest absolute Gasteiger partial charge is 0.150 e. The van der Waals surface area contributed by atoms with Gasteiger partial charge >= 0.3 is 0 Å². The Kier molecular flexibility index (Phi) is 4.53. The van der Waals surface area contributed by atoms with Gasteiger partial charge in [0.2, 0.25) is 0 Å². The third-order valence-corrected chi connectivity index (χ3v) is 3.28. The zero-order valence-electron chi connectivity index (χ0n) is 10.5. The van der Waals surface area contributed by atoms with Gasteiger partial charge in [0, 0.05) is 35.8 Å². The van der Waals surface area contributed by atoms with Gasteiger partial charge in [-0.15, -0.1) is 0 Å². The van der Waals surface area contributed by atoms with Gasteiger partial charge in [0.05, 0.1) is 0 Å². The Bertz CT molecular complexity index is 516. The van der Waals surface area contributed by atoms with Gasteiger partial charge in [0.15, 0.2) is 6.29 Å². The summed E-state index contributed by atoms with van der Waals surface area (Å²) >= 11 is 0. The van der Waals surface area contributed by atoms with Gasteiger partial charge in [-0.2, -0.15) is 0 Å². The SMILES string of the molecule is O=Cc1cccc2c1ccn2CCCCCCO. The van der Waals surface area contributed by atoms with Crippen LogP contribution in [0, 0.1) is 0 Å². The highest BCUT2D eigenvalue weighted by Gasteiger charge is 2.04. The van der Waals surface area contributed by atoms with Crippen LogP contribution in [0.5, 0.6) is 0 Å². The van der Waals surface area contributed by atoms with Gasteiger partial charge < -0.3 is 9.67 Å². The first-order chi connectivity index (χ1) is 8.86. The van der Waals surface area contributed by atoms with Crippen LogP contribution in [0.3, 0.4) is 0 Å². The minimum absolute atomic E-state index is 0.287. The molecule has 0 spiro atoms. The predicted octanol–water partition coefficient (Wildman–Crippen LogP) is 3.01. The fourth-order valence-electron chi connectivity index (χ4n) is 2.29. The van der Waals surface area contributed by atoms with Crippen molar-refractivity contribution in [3.63, 3.8) is 0 Å². The first-order valence-electron chi connectivity index (χ1n) is 6.50. The highest BCUT2D eigenvalue weighted by Crippen LogP contribution is 2.19. The number of aryl methyl sites for hydroxylation is 1. The van der Waals surface area contributed by atoms with Crippen molar-refractivity contribution in [3.05, 3.63) is 36.0 Å². The van der Waals surface area contributed by atoms with Crippen LogP contribution < -0.4 is 0 Å². The quantitative estimate of drug-likeness (QED) is 0.602. The highest BCUT2D eigenvalue weighted by molar-refractivity contribution is 5.97. The molecule has 0 unspecified atom stereocenters. The second-order valence-corrected chi connectivity index (χ2v) is 4.54. The molecular weight excluding hydrogens is 226 g/mol. The van der Waals surface area contributed by atoms with Crippen molar-refractivity contribution < 1.29 is 9.90 Å². The maximum atomic E-state index is 10.9. The Morgan fingerprint density at radius 3 is 2.72 bits per heavy atom. The Morgan fingerprint density at radius 2 is 1.94 bits per heavy atom. The summed E-state index contributed by atoms with van der Waals surface area (Å²) in [6.07, 6.45) is 7.16. The van der Waals surface area contributed by atoms with E-state index in [0.717, 1.165) is 55.0 Å². The molecule has 0 fully saturated rings. The molecule has 1 N–H and O–H groups in total. The summed E-state index contributed by atoms with van der Waals surface area (Å²) in [6.45, 7) is 1.26. The first-order valence-corrected chi connectivity index (χ1v) is 6.50. The molecule has 0 saturated carbocycles. The summed E-state index contributed by atoms with van der Waals surface area (Å²) in [4.78, 5) is 10.9. The Hall–Kier alpha value is -1.61. The molecule has 3 heteroatoms. The summed E-state index contributed by atoms with van der Waals surface area (Å²) in [5, 5.41) is 9.74. The number of nitrogens with zero attached hydrogens (tertiary/aromatic N) is 1. The van der Waals surface area contributed by atoms with Gasteiger partial charge in [0.25, 0.3) is 0 Å². The molecule has 18 heavy (non-hydrogen) atoms. The molecule has 0 bridgehead atoms. The van der Waals surface area contributed by atoms with Crippen LogP contribution in [0.4, 0.5) is 0 Å². The van der Waals surface area contributed by atoms with Crippen molar-refractivity contribution in [2.24, 2.45) is 0 Å². The number of rotatable bonds is 7. The summed E-state index contributed by atoms with van der Waals surface area (Å²) < 4.78 is 2.20. The molecule has 0 aliphatic heterocycles. The van der Waals surface area contributed by atoms with E-state index in [1.165, 1.54) is 0 Å². The average Bonchev–Trinajstić information content (AvgIpc) is 2.82. The van der Waals surface area contributed by atoms with Crippen LogP contribution in [0.1, 0.15) is 36.0 Å². The molecule has 3 nitrogen and oxygen atoms in total. The van der Waals surface area contributed by atoms with E-state index >= 15 is 0 Å². The fraction of sp³-hybridized carbons (Fsp3) is 0.400. The van der Waals surface area contributed by atoms with Crippen LogP contribution in [0.2, 0.25) is 0 Å². The molecular formula is C15H19NO2. The lowest BCUT2D eigenvalue weighted by molar-refractivity contribution is 0.112. The largest absolute Gasteiger partial charge is 0.396 e. The fourth-order valence-corrected chi connectivity index (χ4v) is 2.29. The number of benzene rings is 1. The minimum Gasteiger partial charge on any atom is -0.396 e. The zero-order valence-corrected chi connectivity index (χ0v) is 10.5. The second-order valence-electron chi connectivity index (χ2n) is 4.54. The standard InChI is InChI=1S/C15H19NO2/c17-11-4-2-1-3-9-16-10-8-14-13(12-18)6-5-7-15(14)16/h5-8,10,12,17H,1-4,9,11H2. The van der Waals surface area contributed by atoms with Crippen LogP contribution in [-0.2, 0) is 6.54 Å². The van der Waals surface area contributed by atoms with Crippen LogP contribution in [0.25, 0.3) is 10.9 Å². The summed E-state index contributed by atoms with van der Waals surface area (Å²) in [5.74, 6) is 0. The van der Waals surface area contributed by atoms with Crippen molar-refractivity contribution in [2.45, 2.75) is 32.2 Å². The number of hydrogen-bond acceptors (Lipinski definition) is 2. The number of aromatic nitrogens is 1. The number of unbranched alkanes of at least 4 members (excludes halogenated alkanes) is 3. The van der Waals surface area contributed by atoms with Gasteiger partial charge in [-0.25, -0.2) is 0 Å². The third kappa shape index (κ3) is 2.79. The molecule has 0 radical (unpaired) electrons. The van der Waals surface area contributed by atoms with E-state index < -0.39 is 0 Å². The Labute approximate surface area is 107 Å². The number of carbonyl (C=O) groups excluding carboxylic acids is 1. The number of fused-ring (bicyclic) bond motifs is 1. The highest BCUT2D eigenvalue weighted by atomic mass is 16.2. The molecule has 0 aliphatic carbocycles. The molecule has 0 atom stereocenters. The molecule has 2 rings (SSSR count). The number of aldehydes is 1. The average molecular weight is 245 g/mol. The van der Waals surface area contributed by atoms with Crippen molar-refractivity contribution in [1.29, 1.82) is 0 Å². The predicted molar refractivity (Wildman–Crippen MR) is 72.9 cm³/mol. The molecule has 1 heterocycles. The maximum Gasteiger partial charge on any atom is 0.150 e. The summed E-state index contributed by atoms with van der Waals surface area (Å²) in [7, 11) is 0. The van der Waals surface area contributed by atoms with Crippen LogP contribution >= 0.6 is 0 Å². The van der Waals surface area contributed by atoms with E-state index in [1.54, 1.807) is 0 Å². The topological polar surface area (TPSA) is 42.2 Å². The Balaban J connectivity index is 2.03. The van der Waals surface area contributed by atoms with E-state index in [-0.39, 0.29) is 6.61 Å². The minimum atomic E-state index is 0.287. The van der Waals surface area contributed by atoms with Crippen molar-refractivity contribution >= 4 is 17.2 Å².